The molecular formula is C13H16BrNO2. The second-order valence-corrected chi connectivity index (χ2v) is 5.15. The topological polar surface area (TPSA) is 29.5 Å². The number of methoxy groups -OCH3 is 1. The molecule has 17 heavy (non-hydrogen) atoms. The van der Waals surface area contributed by atoms with E-state index in [1.54, 1.807) is 7.11 Å². The average molecular weight is 298 g/mol. The first-order valence-corrected chi connectivity index (χ1v) is 6.55. The molecule has 92 valence electrons. The van der Waals surface area contributed by atoms with Crippen LogP contribution in [0.1, 0.15) is 24.4 Å². The maximum atomic E-state index is 11.9. The van der Waals surface area contributed by atoms with Crippen molar-refractivity contribution >= 4 is 21.8 Å². The van der Waals surface area contributed by atoms with Gasteiger partial charge in [-0.1, -0.05) is 28.1 Å². The summed E-state index contributed by atoms with van der Waals surface area (Å²) in [4.78, 5) is 13.8. The highest BCUT2D eigenvalue weighted by Crippen LogP contribution is 2.32. The fraction of sp³-hybridized carbons (Fsp3) is 0.462. The van der Waals surface area contributed by atoms with Gasteiger partial charge in [-0.25, -0.2) is 0 Å². The third-order valence-corrected chi connectivity index (χ3v) is 3.57. The van der Waals surface area contributed by atoms with Crippen LogP contribution in [0.5, 0.6) is 0 Å². The Kier molecular flexibility index (Phi) is 4.18. The van der Waals surface area contributed by atoms with Gasteiger partial charge >= 0.3 is 0 Å². The van der Waals surface area contributed by atoms with Crippen molar-refractivity contribution in [1.82, 2.24) is 4.90 Å². The Morgan fingerprint density at radius 2 is 2.41 bits per heavy atom. The highest BCUT2D eigenvalue weighted by atomic mass is 79.9. The zero-order valence-electron chi connectivity index (χ0n) is 9.86. The SMILES string of the molecule is COCC(=O)N1CCCC1c1cccc(Br)c1. The van der Waals surface area contributed by atoms with Gasteiger partial charge in [-0.05, 0) is 30.5 Å². The third-order valence-electron chi connectivity index (χ3n) is 3.07. The van der Waals surface area contributed by atoms with E-state index >= 15 is 0 Å². The first-order valence-electron chi connectivity index (χ1n) is 5.76. The van der Waals surface area contributed by atoms with Crippen molar-refractivity contribution in [3.8, 4) is 0 Å². The Balaban J connectivity index is 2.17. The number of amides is 1. The lowest BCUT2D eigenvalue weighted by Crippen LogP contribution is -2.33. The highest BCUT2D eigenvalue weighted by Gasteiger charge is 2.29. The van der Waals surface area contributed by atoms with E-state index < -0.39 is 0 Å². The van der Waals surface area contributed by atoms with Gasteiger partial charge in [0, 0.05) is 18.1 Å². The van der Waals surface area contributed by atoms with E-state index in [2.05, 4.69) is 28.1 Å². The second kappa shape index (κ2) is 5.65. The number of benzene rings is 1. The predicted octanol–water partition coefficient (Wildman–Crippen LogP) is 2.76. The molecule has 1 fully saturated rings. The summed E-state index contributed by atoms with van der Waals surface area (Å²) >= 11 is 3.47. The number of hydrogen-bond acceptors (Lipinski definition) is 2. The molecule has 0 aromatic heterocycles. The molecule has 0 radical (unpaired) electrons. The summed E-state index contributed by atoms with van der Waals surface area (Å²) < 4.78 is 5.98. The number of hydrogen-bond donors (Lipinski definition) is 0. The molecule has 1 aromatic carbocycles. The Morgan fingerprint density at radius 1 is 1.59 bits per heavy atom. The molecule has 1 aliphatic rings. The summed E-state index contributed by atoms with van der Waals surface area (Å²) in [6.45, 7) is 1.00. The van der Waals surface area contributed by atoms with Crippen LogP contribution in [0.25, 0.3) is 0 Å². The second-order valence-electron chi connectivity index (χ2n) is 4.23. The Morgan fingerprint density at radius 3 is 3.12 bits per heavy atom. The molecule has 1 amide bonds. The van der Waals surface area contributed by atoms with E-state index in [1.165, 1.54) is 5.56 Å². The number of ether oxygens (including phenoxy) is 1. The molecule has 4 heteroatoms. The van der Waals surface area contributed by atoms with Gasteiger partial charge in [0.25, 0.3) is 0 Å². The van der Waals surface area contributed by atoms with Crippen LogP contribution in [-0.2, 0) is 9.53 Å². The summed E-state index contributed by atoms with van der Waals surface area (Å²) in [5.41, 5.74) is 1.20. The standard InChI is InChI=1S/C13H16BrNO2/c1-17-9-13(16)15-7-3-6-12(15)10-4-2-5-11(14)8-10/h2,4-5,8,12H,3,6-7,9H2,1H3. The molecule has 1 saturated heterocycles. The molecule has 0 spiro atoms. The van der Waals surface area contributed by atoms with Gasteiger partial charge in [-0.3, -0.25) is 4.79 Å². The van der Waals surface area contributed by atoms with Gasteiger partial charge in [0.1, 0.15) is 6.61 Å². The van der Waals surface area contributed by atoms with Crippen LogP contribution >= 0.6 is 15.9 Å². The monoisotopic (exact) mass is 297 g/mol. The van der Waals surface area contributed by atoms with Crippen molar-refractivity contribution in [2.75, 3.05) is 20.3 Å². The zero-order chi connectivity index (χ0) is 12.3. The minimum Gasteiger partial charge on any atom is -0.375 e. The lowest BCUT2D eigenvalue weighted by molar-refractivity contribution is -0.136. The Bertz CT molecular complexity index is 408. The van der Waals surface area contributed by atoms with Crippen molar-refractivity contribution in [3.05, 3.63) is 34.3 Å². The maximum absolute atomic E-state index is 11.9. The largest absolute Gasteiger partial charge is 0.375 e. The lowest BCUT2D eigenvalue weighted by atomic mass is 10.0. The smallest absolute Gasteiger partial charge is 0.249 e. The fourth-order valence-corrected chi connectivity index (χ4v) is 2.75. The summed E-state index contributed by atoms with van der Waals surface area (Å²) in [5, 5.41) is 0. The quantitative estimate of drug-likeness (QED) is 0.859. The molecule has 1 atom stereocenters. The molecule has 0 aliphatic carbocycles. The number of likely N-dealkylation sites (tertiary alicyclic amines) is 1. The Labute approximate surface area is 110 Å². The van der Waals surface area contributed by atoms with Gasteiger partial charge in [0.2, 0.25) is 5.91 Å². The summed E-state index contributed by atoms with van der Waals surface area (Å²) in [5.74, 6) is 0.0787. The van der Waals surface area contributed by atoms with E-state index in [0.29, 0.717) is 0 Å². The van der Waals surface area contributed by atoms with Crippen LogP contribution in [0.3, 0.4) is 0 Å². The van der Waals surface area contributed by atoms with Crippen LogP contribution in [0.4, 0.5) is 0 Å². The summed E-state index contributed by atoms with van der Waals surface area (Å²) in [6, 6.07) is 8.38. The van der Waals surface area contributed by atoms with E-state index in [-0.39, 0.29) is 18.6 Å². The molecule has 1 aliphatic heterocycles. The molecule has 0 bridgehead atoms. The van der Waals surface area contributed by atoms with Gasteiger partial charge in [-0.15, -0.1) is 0 Å². The van der Waals surface area contributed by atoms with Crippen LogP contribution in [0.15, 0.2) is 28.7 Å². The van der Waals surface area contributed by atoms with Crippen LogP contribution < -0.4 is 0 Å². The minimum absolute atomic E-state index is 0.0787. The number of rotatable bonds is 3. The van der Waals surface area contributed by atoms with E-state index in [9.17, 15) is 4.79 Å². The van der Waals surface area contributed by atoms with Crippen molar-refractivity contribution < 1.29 is 9.53 Å². The average Bonchev–Trinajstić information content (AvgIpc) is 2.78. The molecule has 0 saturated carbocycles. The van der Waals surface area contributed by atoms with Crippen LogP contribution in [0.2, 0.25) is 0 Å². The molecule has 1 aromatic rings. The molecule has 2 rings (SSSR count). The van der Waals surface area contributed by atoms with Crippen molar-refractivity contribution in [2.45, 2.75) is 18.9 Å². The summed E-state index contributed by atoms with van der Waals surface area (Å²) in [7, 11) is 1.56. The first-order chi connectivity index (χ1) is 8.22. The number of carbonyl (C=O) groups is 1. The van der Waals surface area contributed by atoms with Gasteiger partial charge in [0.05, 0.1) is 6.04 Å². The number of carbonyl (C=O) groups excluding carboxylic acids is 1. The fourth-order valence-electron chi connectivity index (χ4n) is 2.33. The predicted molar refractivity (Wildman–Crippen MR) is 69.7 cm³/mol. The zero-order valence-corrected chi connectivity index (χ0v) is 11.4. The van der Waals surface area contributed by atoms with Crippen LogP contribution in [0, 0.1) is 0 Å². The highest BCUT2D eigenvalue weighted by molar-refractivity contribution is 9.10. The molecule has 1 unspecified atom stereocenters. The number of nitrogens with zero attached hydrogens (tertiary/aromatic N) is 1. The van der Waals surface area contributed by atoms with Gasteiger partial charge in [0.15, 0.2) is 0 Å². The lowest BCUT2D eigenvalue weighted by Gasteiger charge is -2.25. The van der Waals surface area contributed by atoms with Gasteiger partial charge in [-0.2, -0.15) is 0 Å². The Hall–Kier alpha value is -0.870. The number of halogens is 1. The molecule has 3 nitrogen and oxygen atoms in total. The normalized spacial score (nSPS) is 19.6. The molecular weight excluding hydrogens is 282 g/mol. The van der Waals surface area contributed by atoms with E-state index in [0.717, 1.165) is 23.9 Å². The minimum atomic E-state index is 0.0787. The van der Waals surface area contributed by atoms with E-state index in [4.69, 9.17) is 4.74 Å². The third kappa shape index (κ3) is 2.87. The van der Waals surface area contributed by atoms with Crippen molar-refractivity contribution in [1.29, 1.82) is 0 Å². The van der Waals surface area contributed by atoms with E-state index in [1.807, 2.05) is 17.0 Å². The van der Waals surface area contributed by atoms with Crippen molar-refractivity contribution in [2.24, 2.45) is 0 Å². The molecule has 0 N–H and O–H groups in total. The maximum Gasteiger partial charge on any atom is 0.249 e. The van der Waals surface area contributed by atoms with Crippen molar-refractivity contribution in [3.63, 3.8) is 0 Å². The first kappa shape index (κ1) is 12.6. The van der Waals surface area contributed by atoms with Crippen LogP contribution in [-0.4, -0.2) is 31.1 Å². The summed E-state index contributed by atoms with van der Waals surface area (Å²) in [6.07, 6.45) is 2.10. The van der Waals surface area contributed by atoms with Gasteiger partial charge < -0.3 is 9.64 Å². The molecule has 1 heterocycles.